The molecule has 6 aromatic rings. The number of benzene rings is 4. The molecule has 0 aliphatic carbocycles. The van der Waals surface area contributed by atoms with E-state index in [0.717, 1.165) is 66.3 Å². The van der Waals surface area contributed by atoms with Crippen LogP contribution in [0.4, 0.5) is 17.5 Å². The molecule has 0 atom stereocenters. The SMILES string of the molecule is N#Cc1c(Nc2nc3ccccc3nc2N2CCN(Cc3ccccc3)CC2)oc(-c2ccccc2)c1-c1ccccc1. The zero-order valence-electron chi connectivity index (χ0n) is 23.6. The maximum atomic E-state index is 10.4. The summed E-state index contributed by atoms with van der Waals surface area (Å²) in [6.07, 6.45) is 0. The third kappa shape index (κ3) is 5.44. The summed E-state index contributed by atoms with van der Waals surface area (Å²) in [5.74, 6) is 2.31. The highest BCUT2D eigenvalue weighted by Gasteiger charge is 2.27. The normalized spacial score (nSPS) is 13.6. The Morgan fingerprint density at radius 2 is 1.28 bits per heavy atom. The average Bonchev–Trinajstić information content (AvgIpc) is 3.44. The lowest BCUT2D eigenvalue weighted by molar-refractivity contribution is 0.249. The predicted octanol–water partition coefficient (Wildman–Crippen LogP) is 7.49. The van der Waals surface area contributed by atoms with Crippen molar-refractivity contribution in [1.82, 2.24) is 14.9 Å². The summed E-state index contributed by atoms with van der Waals surface area (Å²) in [4.78, 5) is 14.8. The lowest BCUT2D eigenvalue weighted by Gasteiger charge is -2.36. The number of nitrogens with one attached hydrogen (secondary N) is 1. The van der Waals surface area contributed by atoms with Gasteiger partial charge in [-0.3, -0.25) is 4.90 Å². The third-order valence-electron chi connectivity index (χ3n) is 7.82. The molecule has 43 heavy (non-hydrogen) atoms. The Morgan fingerprint density at radius 3 is 1.93 bits per heavy atom. The molecule has 1 saturated heterocycles. The van der Waals surface area contributed by atoms with Crippen LogP contribution in [0.25, 0.3) is 33.5 Å². The van der Waals surface area contributed by atoms with Crippen LogP contribution >= 0.6 is 0 Å². The van der Waals surface area contributed by atoms with Crippen LogP contribution in [-0.2, 0) is 6.54 Å². The van der Waals surface area contributed by atoms with E-state index in [-0.39, 0.29) is 0 Å². The topological polar surface area (TPSA) is 81.2 Å². The highest BCUT2D eigenvalue weighted by molar-refractivity contribution is 5.90. The smallest absolute Gasteiger partial charge is 0.217 e. The molecule has 0 amide bonds. The van der Waals surface area contributed by atoms with E-state index in [1.807, 2.05) is 84.9 Å². The van der Waals surface area contributed by atoms with E-state index >= 15 is 0 Å². The molecule has 0 unspecified atom stereocenters. The molecule has 0 saturated carbocycles. The summed E-state index contributed by atoms with van der Waals surface area (Å²) >= 11 is 0. The van der Waals surface area contributed by atoms with Crippen LogP contribution in [-0.4, -0.2) is 41.0 Å². The summed E-state index contributed by atoms with van der Waals surface area (Å²) < 4.78 is 6.49. The number of hydrogen-bond acceptors (Lipinski definition) is 7. The summed E-state index contributed by atoms with van der Waals surface area (Å²) in [5, 5.41) is 13.9. The first kappa shape index (κ1) is 26.4. The van der Waals surface area contributed by atoms with Gasteiger partial charge in [-0.05, 0) is 23.3 Å². The minimum absolute atomic E-state index is 0.355. The standard InChI is InChI=1S/C36H30N6O/c37-24-29-32(27-14-6-2-7-15-27)33(28-16-8-3-9-17-28)43-36(29)40-34-35(39-31-19-11-10-18-30(31)38-34)42-22-20-41(21-23-42)25-26-12-4-1-5-13-26/h1-19H,20-23,25H2,(H,38,40). The van der Waals surface area contributed by atoms with Crippen LogP contribution < -0.4 is 10.2 Å². The second kappa shape index (κ2) is 11.8. The first-order valence-corrected chi connectivity index (χ1v) is 14.5. The molecule has 0 spiro atoms. The second-order valence-electron chi connectivity index (χ2n) is 10.6. The number of fused-ring (bicyclic) bond motifs is 1. The maximum absolute atomic E-state index is 10.4. The number of anilines is 3. The van der Waals surface area contributed by atoms with Crippen molar-refractivity contribution in [2.75, 3.05) is 36.4 Å². The van der Waals surface area contributed by atoms with Crippen molar-refractivity contribution in [2.45, 2.75) is 6.54 Å². The molecule has 1 fully saturated rings. The quantitative estimate of drug-likeness (QED) is 0.216. The van der Waals surface area contributed by atoms with Gasteiger partial charge >= 0.3 is 0 Å². The monoisotopic (exact) mass is 562 g/mol. The Balaban J connectivity index is 1.26. The van der Waals surface area contributed by atoms with Crippen molar-refractivity contribution in [3.63, 3.8) is 0 Å². The van der Waals surface area contributed by atoms with Gasteiger partial charge in [-0.1, -0.05) is 103 Å². The Labute approximate surface area is 250 Å². The molecule has 210 valence electrons. The van der Waals surface area contributed by atoms with Gasteiger partial charge < -0.3 is 14.6 Å². The summed E-state index contributed by atoms with van der Waals surface area (Å²) in [5.41, 5.74) is 5.89. The van der Waals surface area contributed by atoms with Crippen LogP contribution in [0.3, 0.4) is 0 Å². The van der Waals surface area contributed by atoms with Gasteiger partial charge in [0, 0.05) is 43.9 Å². The minimum atomic E-state index is 0.355. The first-order chi connectivity index (χ1) is 21.3. The van der Waals surface area contributed by atoms with Crippen LogP contribution in [0.15, 0.2) is 120 Å². The fraction of sp³-hybridized carbons (Fsp3) is 0.139. The van der Waals surface area contributed by atoms with E-state index in [0.29, 0.717) is 23.0 Å². The van der Waals surface area contributed by atoms with Crippen molar-refractivity contribution in [3.8, 4) is 28.5 Å². The van der Waals surface area contributed by atoms with Gasteiger partial charge in [0.05, 0.1) is 11.0 Å². The predicted molar refractivity (Wildman–Crippen MR) is 171 cm³/mol. The van der Waals surface area contributed by atoms with Gasteiger partial charge in [0.25, 0.3) is 0 Å². The molecule has 0 bridgehead atoms. The number of nitrogens with zero attached hydrogens (tertiary/aromatic N) is 5. The number of aromatic nitrogens is 2. The van der Waals surface area contributed by atoms with E-state index < -0.39 is 0 Å². The van der Waals surface area contributed by atoms with E-state index in [1.165, 1.54) is 5.56 Å². The molecule has 2 aromatic heterocycles. The molecule has 4 aromatic carbocycles. The number of furan rings is 1. The lowest BCUT2D eigenvalue weighted by Crippen LogP contribution is -2.46. The van der Waals surface area contributed by atoms with Gasteiger partial charge in [0.15, 0.2) is 11.6 Å². The van der Waals surface area contributed by atoms with E-state index in [2.05, 4.69) is 51.5 Å². The molecular weight excluding hydrogens is 532 g/mol. The summed E-state index contributed by atoms with van der Waals surface area (Å²) in [6, 6.07) is 40.6. The summed E-state index contributed by atoms with van der Waals surface area (Å²) in [7, 11) is 0. The molecule has 1 aliphatic rings. The van der Waals surface area contributed by atoms with Crippen molar-refractivity contribution in [3.05, 3.63) is 126 Å². The van der Waals surface area contributed by atoms with Gasteiger partial charge in [0.1, 0.15) is 17.4 Å². The molecule has 3 heterocycles. The Morgan fingerprint density at radius 1 is 0.698 bits per heavy atom. The first-order valence-electron chi connectivity index (χ1n) is 14.5. The molecular formula is C36H30N6O. The van der Waals surface area contributed by atoms with E-state index in [4.69, 9.17) is 14.4 Å². The van der Waals surface area contributed by atoms with Crippen molar-refractivity contribution in [1.29, 1.82) is 5.26 Å². The average molecular weight is 563 g/mol. The van der Waals surface area contributed by atoms with Gasteiger partial charge in [-0.25, -0.2) is 9.97 Å². The molecule has 1 aliphatic heterocycles. The zero-order chi connectivity index (χ0) is 29.0. The van der Waals surface area contributed by atoms with Crippen LogP contribution in [0, 0.1) is 11.3 Å². The second-order valence-corrected chi connectivity index (χ2v) is 10.6. The van der Waals surface area contributed by atoms with Crippen molar-refractivity contribution in [2.24, 2.45) is 0 Å². The van der Waals surface area contributed by atoms with E-state index in [9.17, 15) is 5.26 Å². The third-order valence-corrected chi connectivity index (χ3v) is 7.82. The van der Waals surface area contributed by atoms with Gasteiger partial charge in [0.2, 0.25) is 5.88 Å². The number of nitriles is 1. The fourth-order valence-corrected chi connectivity index (χ4v) is 5.66. The van der Waals surface area contributed by atoms with Gasteiger partial charge in [-0.15, -0.1) is 0 Å². The molecule has 0 radical (unpaired) electrons. The molecule has 7 nitrogen and oxygen atoms in total. The Hall–Kier alpha value is -5.45. The summed E-state index contributed by atoms with van der Waals surface area (Å²) in [6.45, 7) is 4.35. The molecule has 1 N–H and O–H groups in total. The molecule has 7 heteroatoms. The zero-order valence-corrected chi connectivity index (χ0v) is 23.6. The highest BCUT2D eigenvalue weighted by atomic mass is 16.4. The number of hydrogen-bond donors (Lipinski definition) is 1. The lowest BCUT2D eigenvalue weighted by atomic mass is 9.98. The highest BCUT2D eigenvalue weighted by Crippen LogP contribution is 2.43. The Kier molecular flexibility index (Phi) is 7.26. The van der Waals surface area contributed by atoms with Gasteiger partial charge in [-0.2, -0.15) is 5.26 Å². The Bertz CT molecular complexity index is 1890. The molecule has 7 rings (SSSR count). The number of rotatable bonds is 7. The van der Waals surface area contributed by atoms with E-state index in [1.54, 1.807) is 0 Å². The van der Waals surface area contributed by atoms with Crippen LogP contribution in [0.1, 0.15) is 11.1 Å². The van der Waals surface area contributed by atoms with Crippen molar-refractivity contribution >= 4 is 28.6 Å². The number of piperazine rings is 1. The van der Waals surface area contributed by atoms with Crippen molar-refractivity contribution < 1.29 is 4.42 Å². The minimum Gasteiger partial charge on any atom is -0.438 e. The largest absolute Gasteiger partial charge is 0.438 e. The fourth-order valence-electron chi connectivity index (χ4n) is 5.66. The van der Waals surface area contributed by atoms with Crippen LogP contribution in [0.2, 0.25) is 0 Å². The number of para-hydroxylation sites is 2. The maximum Gasteiger partial charge on any atom is 0.217 e. The van der Waals surface area contributed by atoms with Crippen LogP contribution in [0.5, 0.6) is 0 Å².